The minimum absolute atomic E-state index is 0.362. The van der Waals surface area contributed by atoms with Gasteiger partial charge in [-0.1, -0.05) is 17.7 Å². The van der Waals surface area contributed by atoms with Crippen molar-refractivity contribution in [3.05, 3.63) is 29.8 Å². The van der Waals surface area contributed by atoms with E-state index in [4.69, 9.17) is 4.74 Å². The highest BCUT2D eigenvalue weighted by Gasteiger charge is 2.11. The molecular weight excluding hydrogens is 212 g/mol. The Labute approximate surface area is 105 Å². The van der Waals surface area contributed by atoms with Gasteiger partial charge < -0.3 is 15.0 Å². The van der Waals surface area contributed by atoms with Crippen LogP contribution in [0, 0.1) is 6.92 Å². The summed E-state index contributed by atoms with van der Waals surface area (Å²) in [4.78, 5) is 2.36. The molecule has 1 unspecified atom stereocenters. The minimum atomic E-state index is 0.362. The molecule has 0 aromatic heterocycles. The van der Waals surface area contributed by atoms with Gasteiger partial charge in [0.25, 0.3) is 0 Å². The monoisotopic (exact) mass is 236 g/mol. The highest BCUT2D eigenvalue weighted by Crippen LogP contribution is 2.15. The summed E-state index contributed by atoms with van der Waals surface area (Å²) in [5, 5.41) is 3.28. The van der Waals surface area contributed by atoms with Crippen molar-refractivity contribution in [1.82, 2.24) is 5.32 Å². The first kappa shape index (κ1) is 14.0. The Bertz CT molecular complexity index is 311. The van der Waals surface area contributed by atoms with E-state index in [-0.39, 0.29) is 0 Å². The quantitative estimate of drug-likeness (QED) is 0.784. The standard InChI is InChI=1S/C14H24N2O/c1-5-16(10-13(15-3)11-17-4)14-8-6-12(2)7-9-14/h6-9,13,15H,5,10-11H2,1-4H3. The van der Waals surface area contributed by atoms with Crippen LogP contribution in [0.2, 0.25) is 0 Å². The van der Waals surface area contributed by atoms with Crippen molar-refractivity contribution >= 4 is 5.69 Å². The van der Waals surface area contributed by atoms with Crippen molar-refractivity contribution in [1.29, 1.82) is 0 Å². The number of hydrogen-bond acceptors (Lipinski definition) is 3. The van der Waals surface area contributed by atoms with Crippen molar-refractivity contribution < 1.29 is 4.74 Å². The Morgan fingerprint density at radius 2 is 1.94 bits per heavy atom. The van der Waals surface area contributed by atoms with E-state index < -0.39 is 0 Å². The predicted molar refractivity (Wildman–Crippen MR) is 73.8 cm³/mol. The van der Waals surface area contributed by atoms with Crippen molar-refractivity contribution in [2.45, 2.75) is 19.9 Å². The molecule has 3 nitrogen and oxygen atoms in total. The average Bonchev–Trinajstić information content (AvgIpc) is 2.36. The highest BCUT2D eigenvalue weighted by atomic mass is 16.5. The molecule has 0 aliphatic heterocycles. The summed E-state index contributed by atoms with van der Waals surface area (Å²) in [6, 6.07) is 9.03. The third kappa shape index (κ3) is 4.36. The number of methoxy groups -OCH3 is 1. The summed E-state index contributed by atoms with van der Waals surface area (Å²) in [6.45, 7) is 6.99. The van der Waals surface area contributed by atoms with E-state index in [0.717, 1.165) is 19.7 Å². The summed E-state index contributed by atoms with van der Waals surface area (Å²) in [6.07, 6.45) is 0. The molecule has 1 N–H and O–H groups in total. The van der Waals surface area contributed by atoms with Gasteiger partial charge in [0.1, 0.15) is 0 Å². The van der Waals surface area contributed by atoms with E-state index in [1.807, 2.05) is 7.05 Å². The van der Waals surface area contributed by atoms with Gasteiger partial charge in [-0.2, -0.15) is 0 Å². The van der Waals surface area contributed by atoms with Gasteiger partial charge in [0.2, 0.25) is 0 Å². The second-order valence-electron chi connectivity index (χ2n) is 4.32. The van der Waals surface area contributed by atoms with Crippen LogP contribution in [0.4, 0.5) is 5.69 Å². The first-order valence-electron chi connectivity index (χ1n) is 6.19. The molecular formula is C14H24N2O. The van der Waals surface area contributed by atoms with E-state index in [1.165, 1.54) is 11.3 Å². The maximum Gasteiger partial charge on any atom is 0.0633 e. The fourth-order valence-electron chi connectivity index (χ4n) is 1.87. The lowest BCUT2D eigenvalue weighted by Gasteiger charge is -2.28. The highest BCUT2D eigenvalue weighted by molar-refractivity contribution is 5.47. The Morgan fingerprint density at radius 1 is 1.29 bits per heavy atom. The molecule has 17 heavy (non-hydrogen) atoms. The predicted octanol–water partition coefficient (Wildman–Crippen LogP) is 2.06. The normalized spacial score (nSPS) is 12.5. The third-order valence-electron chi connectivity index (χ3n) is 3.00. The zero-order valence-electron chi connectivity index (χ0n) is 11.4. The number of rotatable bonds is 7. The van der Waals surface area contributed by atoms with Gasteiger partial charge in [0.05, 0.1) is 6.61 Å². The fraction of sp³-hybridized carbons (Fsp3) is 0.571. The molecule has 1 rings (SSSR count). The number of nitrogens with zero attached hydrogens (tertiary/aromatic N) is 1. The first-order valence-corrected chi connectivity index (χ1v) is 6.19. The van der Waals surface area contributed by atoms with Gasteiger partial charge in [0, 0.05) is 31.9 Å². The second kappa shape index (κ2) is 7.30. The number of likely N-dealkylation sites (N-methyl/N-ethyl adjacent to an activating group) is 2. The van der Waals surface area contributed by atoms with Crippen LogP contribution in [-0.2, 0) is 4.74 Å². The van der Waals surface area contributed by atoms with Crippen molar-refractivity contribution in [2.75, 3.05) is 38.8 Å². The van der Waals surface area contributed by atoms with Crippen LogP contribution in [-0.4, -0.2) is 39.9 Å². The van der Waals surface area contributed by atoms with Crippen molar-refractivity contribution in [2.24, 2.45) is 0 Å². The Balaban J connectivity index is 2.67. The van der Waals surface area contributed by atoms with E-state index in [2.05, 4.69) is 48.3 Å². The van der Waals surface area contributed by atoms with Crippen molar-refractivity contribution in [3.63, 3.8) is 0 Å². The summed E-state index contributed by atoms with van der Waals surface area (Å²) in [5.74, 6) is 0. The molecule has 0 heterocycles. The van der Waals surface area contributed by atoms with Gasteiger partial charge in [-0.15, -0.1) is 0 Å². The Hall–Kier alpha value is -1.06. The molecule has 0 spiro atoms. The number of hydrogen-bond donors (Lipinski definition) is 1. The molecule has 0 saturated heterocycles. The lowest BCUT2D eigenvalue weighted by molar-refractivity contribution is 0.171. The maximum absolute atomic E-state index is 5.21. The molecule has 1 aromatic carbocycles. The van der Waals surface area contributed by atoms with Gasteiger partial charge in [0.15, 0.2) is 0 Å². The third-order valence-corrected chi connectivity index (χ3v) is 3.00. The van der Waals surface area contributed by atoms with Crippen molar-refractivity contribution in [3.8, 4) is 0 Å². The van der Waals surface area contributed by atoms with E-state index in [9.17, 15) is 0 Å². The van der Waals surface area contributed by atoms with Crippen LogP contribution in [0.1, 0.15) is 12.5 Å². The van der Waals surface area contributed by atoms with Crippen LogP contribution in [0.15, 0.2) is 24.3 Å². The Morgan fingerprint density at radius 3 is 2.41 bits per heavy atom. The summed E-state index contributed by atoms with van der Waals surface area (Å²) in [7, 11) is 3.72. The van der Waals surface area contributed by atoms with Crippen LogP contribution in [0.25, 0.3) is 0 Å². The van der Waals surface area contributed by atoms with Gasteiger partial charge in [-0.3, -0.25) is 0 Å². The molecule has 1 atom stereocenters. The van der Waals surface area contributed by atoms with Crippen LogP contribution in [0.5, 0.6) is 0 Å². The summed E-state index contributed by atoms with van der Waals surface area (Å²) < 4.78 is 5.21. The fourth-order valence-corrected chi connectivity index (χ4v) is 1.87. The first-order chi connectivity index (χ1) is 8.21. The molecule has 0 aliphatic carbocycles. The average molecular weight is 236 g/mol. The molecule has 0 aliphatic rings. The summed E-state index contributed by atoms with van der Waals surface area (Å²) >= 11 is 0. The topological polar surface area (TPSA) is 24.5 Å². The van der Waals surface area contributed by atoms with Gasteiger partial charge in [-0.05, 0) is 33.0 Å². The molecule has 0 amide bonds. The second-order valence-corrected chi connectivity index (χ2v) is 4.32. The van der Waals surface area contributed by atoms with E-state index >= 15 is 0 Å². The lowest BCUT2D eigenvalue weighted by Crippen LogP contribution is -2.42. The Kier molecular flexibility index (Phi) is 6.01. The number of anilines is 1. The smallest absolute Gasteiger partial charge is 0.0633 e. The maximum atomic E-state index is 5.21. The number of benzene rings is 1. The number of aryl methyl sites for hydroxylation is 1. The van der Waals surface area contributed by atoms with Crippen LogP contribution >= 0.6 is 0 Å². The van der Waals surface area contributed by atoms with Crippen LogP contribution < -0.4 is 10.2 Å². The summed E-state index contributed by atoms with van der Waals surface area (Å²) in [5.41, 5.74) is 2.57. The molecule has 0 fully saturated rings. The number of ether oxygens (including phenoxy) is 1. The van der Waals surface area contributed by atoms with E-state index in [0.29, 0.717) is 6.04 Å². The number of nitrogens with one attached hydrogen (secondary N) is 1. The molecule has 3 heteroatoms. The SMILES string of the molecule is CCN(CC(COC)NC)c1ccc(C)cc1. The molecule has 0 radical (unpaired) electrons. The molecule has 0 saturated carbocycles. The lowest BCUT2D eigenvalue weighted by atomic mass is 10.2. The minimum Gasteiger partial charge on any atom is -0.383 e. The molecule has 96 valence electrons. The molecule has 0 bridgehead atoms. The van der Waals surface area contributed by atoms with E-state index in [1.54, 1.807) is 7.11 Å². The van der Waals surface area contributed by atoms with Gasteiger partial charge >= 0.3 is 0 Å². The molecule has 1 aromatic rings. The van der Waals surface area contributed by atoms with Crippen LogP contribution in [0.3, 0.4) is 0 Å². The largest absolute Gasteiger partial charge is 0.383 e. The van der Waals surface area contributed by atoms with Gasteiger partial charge in [-0.25, -0.2) is 0 Å². The zero-order chi connectivity index (χ0) is 12.7. The zero-order valence-corrected chi connectivity index (χ0v) is 11.4.